The van der Waals surface area contributed by atoms with E-state index in [2.05, 4.69) is 18.7 Å². The fraction of sp³-hybridized carbons (Fsp3) is 0.0667. The van der Waals surface area contributed by atoms with Gasteiger partial charge in [-0.05, 0) is 89.5 Å². The molecule has 8 aromatic carbocycles. The van der Waals surface area contributed by atoms with E-state index in [0.29, 0.717) is 0 Å². The Kier molecular flexibility index (Phi) is 10.5. The lowest BCUT2D eigenvalue weighted by Crippen LogP contribution is -2.11. The van der Waals surface area contributed by atoms with Crippen molar-refractivity contribution < 1.29 is 19.2 Å². The first-order chi connectivity index (χ1) is 34.3. The Bertz CT molecular complexity index is 4280. The van der Waals surface area contributed by atoms with E-state index in [1.54, 1.807) is 24.3 Å². The van der Waals surface area contributed by atoms with Gasteiger partial charge in [0, 0.05) is 84.9 Å². The summed E-state index contributed by atoms with van der Waals surface area (Å²) in [4.78, 5) is 55.9. The molecule has 0 aliphatic carbocycles. The van der Waals surface area contributed by atoms with E-state index in [1.165, 1.54) is 6.08 Å². The van der Waals surface area contributed by atoms with Gasteiger partial charge >= 0.3 is 0 Å². The highest BCUT2D eigenvalue weighted by molar-refractivity contribution is 6.24. The van der Waals surface area contributed by atoms with E-state index in [-0.39, 0.29) is 48.2 Å². The third-order valence-electron chi connectivity index (χ3n) is 13.6. The molecule has 338 valence electrons. The number of aromatic nitrogens is 4. The number of alkyl halides is 2. The fourth-order valence-corrected chi connectivity index (χ4v) is 11.0. The zero-order chi connectivity index (χ0) is 47.8. The second kappa shape index (κ2) is 17.0. The number of hydrogen-bond acceptors (Lipinski definition) is 4. The van der Waals surface area contributed by atoms with E-state index in [1.807, 2.05) is 158 Å². The molecule has 70 heavy (non-hydrogen) atoms. The SMILES string of the molecule is C=CC(=O)n1c2ccccc2c2cccc(-c3ccc4c(c3)c3ccccc3n4C(=O)/C=C/c3cc(-c4ccc5c(c4)c4ccccc4n5C(=O)CCCl)c4c(c3)c3ccccc3n4C(=O)CCCl)c21. The van der Waals surface area contributed by atoms with Crippen LogP contribution in [0.5, 0.6) is 0 Å². The summed E-state index contributed by atoms with van der Waals surface area (Å²) in [5, 5.41) is 7.27. The van der Waals surface area contributed by atoms with Gasteiger partial charge in [0.05, 0.1) is 44.1 Å². The summed E-state index contributed by atoms with van der Waals surface area (Å²) in [5.74, 6) is -0.321. The molecule has 0 spiro atoms. The molecule has 12 rings (SSSR count). The highest BCUT2D eigenvalue weighted by Crippen LogP contribution is 2.42. The molecule has 4 aromatic heterocycles. The second-order valence-corrected chi connectivity index (χ2v) is 18.2. The van der Waals surface area contributed by atoms with Gasteiger partial charge in [0.2, 0.25) is 11.8 Å². The maximum atomic E-state index is 14.8. The Morgan fingerprint density at radius 1 is 0.414 bits per heavy atom. The first-order valence-electron chi connectivity index (χ1n) is 23.0. The highest BCUT2D eigenvalue weighted by atomic mass is 35.5. The predicted molar refractivity (Wildman–Crippen MR) is 288 cm³/mol. The number of nitrogens with zero attached hydrogens (tertiary/aromatic N) is 4. The van der Waals surface area contributed by atoms with Crippen LogP contribution < -0.4 is 0 Å². The van der Waals surface area contributed by atoms with Crippen LogP contribution in [0.2, 0.25) is 0 Å². The number of hydrogen-bond donors (Lipinski definition) is 0. The summed E-state index contributed by atoms with van der Waals surface area (Å²) >= 11 is 12.3. The zero-order valence-corrected chi connectivity index (χ0v) is 39.0. The normalized spacial score (nSPS) is 12.0. The monoisotopic (exact) mass is 950 g/mol. The molecule has 0 bridgehead atoms. The molecule has 0 N–H and O–H groups in total. The molecule has 4 heterocycles. The second-order valence-electron chi connectivity index (χ2n) is 17.4. The number of para-hydroxylation sites is 5. The number of carbonyl (C=O) groups is 4. The van der Waals surface area contributed by atoms with Crippen molar-refractivity contribution in [3.05, 3.63) is 188 Å². The van der Waals surface area contributed by atoms with Crippen molar-refractivity contribution in [2.24, 2.45) is 0 Å². The van der Waals surface area contributed by atoms with Crippen molar-refractivity contribution in [3.63, 3.8) is 0 Å². The molecule has 0 amide bonds. The summed E-state index contributed by atoms with van der Waals surface area (Å²) in [7, 11) is 0. The molecule has 0 aliphatic heterocycles. The molecule has 0 saturated carbocycles. The lowest BCUT2D eigenvalue weighted by atomic mass is 9.97. The van der Waals surface area contributed by atoms with Gasteiger partial charge in [0.15, 0.2) is 0 Å². The standard InChI is InChI=1S/C60H40Cl2N4O4/c1-2-55(67)65-51-20-9-3-12-40(51)44-17-11-16-39(59(44)65)37-23-25-53-46(34-37)41-13-4-7-18-49(41)63(53)56(68)27-22-36-32-45(60-48(33-36)43-15-6-10-21-52(43)66(60)58(70)29-31-62)38-24-26-54-47(35-38)42-14-5-8-19-50(42)64(54)57(69)28-30-61/h2-27,32-35H,1,28-31H2/b27-22+. The van der Waals surface area contributed by atoms with Crippen LogP contribution in [0.3, 0.4) is 0 Å². The average molecular weight is 952 g/mol. The molecular weight excluding hydrogens is 912 g/mol. The molecule has 0 fully saturated rings. The quantitative estimate of drug-likeness (QED) is 0.106. The predicted octanol–water partition coefficient (Wildman–Crippen LogP) is 15.2. The van der Waals surface area contributed by atoms with E-state index in [9.17, 15) is 19.2 Å². The van der Waals surface area contributed by atoms with Crippen molar-refractivity contribution in [1.82, 2.24) is 18.3 Å². The minimum absolute atomic E-state index is 0.0948. The molecular formula is C60H40Cl2N4O4. The Hall–Kier alpha value is -8.30. The Morgan fingerprint density at radius 3 is 1.47 bits per heavy atom. The molecule has 10 heteroatoms. The third kappa shape index (κ3) is 6.59. The van der Waals surface area contributed by atoms with Crippen LogP contribution in [0.4, 0.5) is 0 Å². The minimum atomic E-state index is -0.241. The number of carbonyl (C=O) groups excluding carboxylic acids is 4. The molecule has 0 atom stereocenters. The average Bonchev–Trinajstić information content (AvgIpc) is 4.12. The van der Waals surface area contributed by atoms with Gasteiger partial charge in [-0.1, -0.05) is 110 Å². The summed E-state index contributed by atoms with van der Waals surface area (Å²) in [6.45, 7) is 3.81. The first-order valence-corrected chi connectivity index (χ1v) is 24.1. The highest BCUT2D eigenvalue weighted by Gasteiger charge is 2.24. The van der Waals surface area contributed by atoms with Crippen molar-refractivity contribution in [1.29, 1.82) is 0 Å². The smallest absolute Gasteiger partial charge is 0.255 e. The molecule has 0 unspecified atom stereocenters. The van der Waals surface area contributed by atoms with Gasteiger partial charge < -0.3 is 0 Å². The number of benzene rings is 8. The van der Waals surface area contributed by atoms with Crippen LogP contribution in [-0.4, -0.2) is 53.7 Å². The van der Waals surface area contributed by atoms with Gasteiger partial charge in [0.25, 0.3) is 11.8 Å². The lowest BCUT2D eigenvalue weighted by molar-refractivity contribution is 0.0911. The molecule has 8 nitrogen and oxygen atoms in total. The topological polar surface area (TPSA) is 88.0 Å². The maximum Gasteiger partial charge on any atom is 0.255 e. The van der Waals surface area contributed by atoms with Crippen molar-refractivity contribution in [2.45, 2.75) is 12.8 Å². The van der Waals surface area contributed by atoms with Crippen molar-refractivity contribution in [2.75, 3.05) is 11.8 Å². The molecule has 12 aromatic rings. The van der Waals surface area contributed by atoms with Crippen molar-refractivity contribution in [3.8, 4) is 22.3 Å². The summed E-state index contributed by atoms with van der Waals surface area (Å²) in [6, 6.07) is 53.6. The van der Waals surface area contributed by atoms with E-state index < -0.39 is 0 Å². The molecule has 0 aliphatic rings. The van der Waals surface area contributed by atoms with Crippen LogP contribution in [0, 0.1) is 0 Å². The number of fused-ring (bicyclic) bond motifs is 12. The number of rotatable bonds is 9. The van der Waals surface area contributed by atoms with Gasteiger partial charge in [-0.2, -0.15) is 0 Å². The minimum Gasteiger partial charge on any atom is -0.280 e. The Balaban J connectivity index is 1.02. The van der Waals surface area contributed by atoms with Crippen LogP contribution in [0.25, 0.3) is 116 Å². The number of allylic oxidation sites excluding steroid dienone is 2. The van der Waals surface area contributed by atoms with Crippen molar-refractivity contribution >= 4 is 140 Å². The van der Waals surface area contributed by atoms with E-state index in [0.717, 1.165) is 115 Å². The van der Waals surface area contributed by atoms with Gasteiger partial charge in [0.1, 0.15) is 0 Å². The third-order valence-corrected chi connectivity index (χ3v) is 14.0. The number of halogens is 2. The zero-order valence-electron chi connectivity index (χ0n) is 37.5. The van der Waals surface area contributed by atoms with E-state index in [4.69, 9.17) is 23.2 Å². The Labute approximate surface area is 410 Å². The van der Waals surface area contributed by atoms with Crippen LogP contribution in [0.1, 0.15) is 37.6 Å². The van der Waals surface area contributed by atoms with Crippen LogP contribution in [0.15, 0.2) is 183 Å². The summed E-state index contributed by atoms with van der Waals surface area (Å²) < 4.78 is 6.98. The first kappa shape index (κ1) is 43.0. The van der Waals surface area contributed by atoms with Gasteiger partial charge in [-0.15, -0.1) is 23.2 Å². The lowest BCUT2D eigenvalue weighted by Gasteiger charge is -2.12. The molecule has 0 saturated heterocycles. The summed E-state index contributed by atoms with van der Waals surface area (Å²) in [5.41, 5.74) is 10.3. The van der Waals surface area contributed by atoms with Gasteiger partial charge in [-0.3, -0.25) is 37.4 Å². The Morgan fingerprint density at radius 2 is 0.871 bits per heavy atom. The largest absolute Gasteiger partial charge is 0.280 e. The van der Waals surface area contributed by atoms with Crippen LogP contribution >= 0.6 is 23.2 Å². The summed E-state index contributed by atoms with van der Waals surface area (Å²) in [6.07, 6.45) is 5.09. The van der Waals surface area contributed by atoms with Crippen LogP contribution in [-0.2, 0) is 0 Å². The molecule has 0 radical (unpaired) electrons. The van der Waals surface area contributed by atoms with Gasteiger partial charge in [-0.25, -0.2) is 0 Å². The van der Waals surface area contributed by atoms with E-state index >= 15 is 0 Å². The fourth-order valence-electron chi connectivity index (χ4n) is 10.7. The maximum absolute atomic E-state index is 14.8.